The summed E-state index contributed by atoms with van der Waals surface area (Å²) in [5.41, 5.74) is 3.56. The molecule has 0 spiro atoms. The van der Waals surface area contributed by atoms with Gasteiger partial charge < -0.3 is 5.32 Å². The minimum absolute atomic E-state index is 0.181. The van der Waals surface area contributed by atoms with Crippen LogP contribution in [-0.4, -0.2) is 0 Å². The van der Waals surface area contributed by atoms with Crippen molar-refractivity contribution in [2.24, 2.45) is 0 Å². The lowest BCUT2D eigenvalue weighted by atomic mass is 10.1. The van der Waals surface area contributed by atoms with E-state index in [1.165, 1.54) is 0 Å². The summed E-state index contributed by atoms with van der Waals surface area (Å²) < 4.78 is 0.932. The first kappa shape index (κ1) is 15.3. The third kappa shape index (κ3) is 3.92. The molecule has 1 atom stereocenters. The lowest BCUT2D eigenvalue weighted by Gasteiger charge is -2.15. The molecule has 0 radical (unpaired) electrons. The molecule has 0 aromatic heterocycles. The summed E-state index contributed by atoms with van der Waals surface area (Å²) in [5.74, 6) is 0. The monoisotopic (exact) mass is 339 g/mol. The highest BCUT2D eigenvalue weighted by Gasteiger charge is 2.07. The fourth-order valence-corrected chi connectivity index (χ4v) is 2.51. The van der Waals surface area contributed by atoms with Crippen LogP contribution in [0.1, 0.15) is 35.2 Å². The van der Waals surface area contributed by atoms with E-state index in [1.807, 2.05) is 42.5 Å². The molecule has 0 aliphatic rings. The van der Waals surface area contributed by atoms with Crippen molar-refractivity contribution in [1.82, 2.24) is 5.32 Å². The minimum atomic E-state index is 0.181. The highest BCUT2D eigenvalue weighted by Crippen LogP contribution is 2.20. The number of rotatable bonds is 4. The van der Waals surface area contributed by atoms with E-state index < -0.39 is 0 Å². The quantitative estimate of drug-likeness (QED) is 0.914. The maximum atomic E-state index is 8.85. The van der Waals surface area contributed by atoms with Gasteiger partial charge in [-0.05, 0) is 42.3 Å². The van der Waals surface area contributed by atoms with Gasteiger partial charge in [0.15, 0.2) is 0 Å². The van der Waals surface area contributed by atoms with Gasteiger partial charge in [-0.2, -0.15) is 10.5 Å². The molecule has 104 valence electrons. The molecule has 0 heterocycles. The Morgan fingerprint density at radius 2 is 1.67 bits per heavy atom. The van der Waals surface area contributed by atoms with Crippen molar-refractivity contribution in [3.63, 3.8) is 0 Å². The Kier molecular flexibility index (Phi) is 5.11. The van der Waals surface area contributed by atoms with Crippen LogP contribution in [0.2, 0.25) is 0 Å². The molecule has 3 nitrogen and oxygen atoms in total. The van der Waals surface area contributed by atoms with Crippen LogP contribution in [0.15, 0.2) is 46.9 Å². The Bertz CT molecular complexity index is 708. The van der Waals surface area contributed by atoms with Gasteiger partial charge in [0, 0.05) is 17.1 Å². The number of hydrogen-bond acceptors (Lipinski definition) is 3. The molecule has 0 amide bonds. The van der Waals surface area contributed by atoms with E-state index in [0.717, 1.165) is 15.6 Å². The van der Waals surface area contributed by atoms with Crippen LogP contribution in [0.25, 0.3) is 0 Å². The second-order valence-electron chi connectivity index (χ2n) is 4.75. The molecule has 0 bridgehead atoms. The average molecular weight is 340 g/mol. The Morgan fingerprint density at radius 1 is 1.05 bits per heavy atom. The molecule has 2 aromatic carbocycles. The van der Waals surface area contributed by atoms with Crippen molar-refractivity contribution in [3.05, 3.63) is 69.2 Å². The standard InChI is InChI=1S/C17H14BrN3/c1-12(15-5-2-13(9-19)3-6-15)21-11-16-7-4-14(10-20)8-17(16)18/h2-8,12,21H,11H2,1H3/t12-/m0/s1. The summed E-state index contributed by atoms with van der Waals surface area (Å²) >= 11 is 3.49. The summed E-state index contributed by atoms with van der Waals surface area (Å²) in [4.78, 5) is 0. The predicted octanol–water partition coefficient (Wildman–Crippen LogP) is 4.04. The normalized spacial score (nSPS) is 11.4. The van der Waals surface area contributed by atoms with E-state index in [1.54, 1.807) is 0 Å². The fourth-order valence-electron chi connectivity index (χ4n) is 1.99. The van der Waals surface area contributed by atoms with Gasteiger partial charge in [0.1, 0.15) is 0 Å². The van der Waals surface area contributed by atoms with Gasteiger partial charge in [0.2, 0.25) is 0 Å². The van der Waals surface area contributed by atoms with Gasteiger partial charge in [-0.15, -0.1) is 0 Å². The largest absolute Gasteiger partial charge is 0.306 e. The average Bonchev–Trinajstić information content (AvgIpc) is 2.53. The van der Waals surface area contributed by atoms with Crippen LogP contribution in [0, 0.1) is 22.7 Å². The van der Waals surface area contributed by atoms with E-state index in [2.05, 4.69) is 40.3 Å². The second-order valence-corrected chi connectivity index (χ2v) is 5.61. The van der Waals surface area contributed by atoms with E-state index in [-0.39, 0.29) is 6.04 Å². The van der Waals surface area contributed by atoms with Gasteiger partial charge in [-0.25, -0.2) is 0 Å². The zero-order valence-corrected chi connectivity index (χ0v) is 13.2. The van der Waals surface area contributed by atoms with Gasteiger partial charge in [0.05, 0.1) is 23.3 Å². The lowest BCUT2D eigenvalue weighted by molar-refractivity contribution is 0.573. The number of hydrogen-bond donors (Lipinski definition) is 1. The molecule has 0 aliphatic carbocycles. The number of nitrogens with one attached hydrogen (secondary N) is 1. The van der Waals surface area contributed by atoms with Gasteiger partial charge in [-0.1, -0.05) is 34.1 Å². The van der Waals surface area contributed by atoms with Crippen LogP contribution in [0.3, 0.4) is 0 Å². The molecule has 2 aromatic rings. The van der Waals surface area contributed by atoms with Crippen LogP contribution in [-0.2, 0) is 6.54 Å². The zero-order valence-electron chi connectivity index (χ0n) is 11.6. The predicted molar refractivity (Wildman–Crippen MR) is 85.3 cm³/mol. The van der Waals surface area contributed by atoms with Gasteiger partial charge in [0.25, 0.3) is 0 Å². The van der Waals surface area contributed by atoms with Crippen LogP contribution in [0.5, 0.6) is 0 Å². The Labute approximate surface area is 133 Å². The molecule has 1 N–H and O–H groups in total. The molecule has 2 rings (SSSR count). The van der Waals surface area contributed by atoms with Crippen molar-refractivity contribution < 1.29 is 0 Å². The minimum Gasteiger partial charge on any atom is -0.306 e. The second kappa shape index (κ2) is 7.04. The summed E-state index contributed by atoms with van der Waals surface area (Å²) in [6, 6.07) is 17.6. The van der Waals surface area contributed by atoms with Crippen molar-refractivity contribution in [2.75, 3.05) is 0 Å². The molecule has 4 heteroatoms. The molecular weight excluding hydrogens is 326 g/mol. The first-order valence-corrected chi connectivity index (χ1v) is 7.35. The molecular formula is C17H14BrN3. The maximum Gasteiger partial charge on any atom is 0.0992 e. The summed E-state index contributed by atoms with van der Waals surface area (Å²) in [7, 11) is 0. The molecule has 0 unspecified atom stereocenters. The molecule has 0 fully saturated rings. The third-order valence-electron chi connectivity index (χ3n) is 3.32. The van der Waals surface area contributed by atoms with E-state index in [4.69, 9.17) is 10.5 Å². The maximum absolute atomic E-state index is 8.85. The Hall–Kier alpha value is -2.14. The highest BCUT2D eigenvalue weighted by atomic mass is 79.9. The summed E-state index contributed by atoms with van der Waals surface area (Å²) in [6.45, 7) is 2.78. The Balaban J connectivity index is 2.02. The third-order valence-corrected chi connectivity index (χ3v) is 4.06. The summed E-state index contributed by atoms with van der Waals surface area (Å²) in [5, 5.41) is 21.1. The number of halogens is 1. The highest BCUT2D eigenvalue weighted by molar-refractivity contribution is 9.10. The van der Waals surface area contributed by atoms with E-state index >= 15 is 0 Å². The molecule has 21 heavy (non-hydrogen) atoms. The van der Waals surface area contributed by atoms with Crippen LogP contribution < -0.4 is 5.32 Å². The van der Waals surface area contributed by atoms with Crippen molar-refractivity contribution in [2.45, 2.75) is 19.5 Å². The van der Waals surface area contributed by atoms with Crippen molar-refractivity contribution >= 4 is 15.9 Å². The molecule has 0 aliphatic heterocycles. The van der Waals surface area contributed by atoms with Crippen molar-refractivity contribution in [3.8, 4) is 12.1 Å². The van der Waals surface area contributed by atoms with Gasteiger partial charge >= 0.3 is 0 Å². The van der Waals surface area contributed by atoms with E-state index in [0.29, 0.717) is 17.7 Å². The number of benzene rings is 2. The summed E-state index contributed by atoms with van der Waals surface area (Å²) in [6.07, 6.45) is 0. The molecule has 0 saturated carbocycles. The van der Waals surface area contributed by atoms with Gasteiger partial charge in [-0.3, -0.25) is 0 Å². The van der Waals surface area contributed by atoms with Crippen LogP contribution in [0.4, 0.5) is 0 Å². The Morgan fingerprint density at radius 3 is 2.24 bits per heavy atom. The number of nitrogens with zero attached hydrogens (tertiary/aromatic N) is 2. The smallest absolute Gasteiger partial charge is 0.0992 e. The van der Waals surface area contributed by atoms with Crippen molar-refractivity contribution in [1.29, 1.82) is 10.5 Å². The van der Waals surface area contributed by atoms with Crippen LogP contribution >= 0.6 is 15.9 Å². The lowest BCUT2D eigenvalue weighted by Crippen LogP contribution is -2.18. The fraction of sp³-hybridized carbons (Fsp3) is 0.176. The SMILES string of the molecule is C[C@H](NCc1ccc(C#N)cc1Br)c1ccc(C#N)cc1. The van der Waals surface area contributed by atoms with E-state index in [9.17, 15) is 0 Å². The first-order valence-electron chi connectivity index (χ1n) is 6.56. The first-order chi connectivity index (χ1) is 10.1. The topological polar surface area (TPSA) is 59.6 Å². The number of nitriles is 2. The zero-order chi connectivity index (χ0) is 15.2. The molecule has 0 saturated heterocycles.